The van der Waals surface area contributed by atoms with E-state index in [1.54, 1.807) is 37.3 Å². The van der Waals surface area contributed by atoms with Gasteiger partial charge in [0.2, 0.25) is 21.8 Å². The van der Waals surface area contributed by atoms with Crippen molar-refractivity contribution in [3.8, 4) is 0 Å². The molecule has 1 N–H and O–H groups in total. The summed E-state index contributed by atoms with van der Waals surface area (Å²) in [6, 6.07) is 12.9. The van der Waals surface area contributed by atoms with Crippen LogP contribution in [0, 0.1) is 6.92 Å². The molecular formula is C25H32ClN3O4S. The maximum Gasteiger partial charge on any atom is 0.243 e. The summed E-state index contributed by atoms with van der Waals surface area (Å²) in [6.45, 7) is 3.28. The number of hydrogen-bond acceptors (Lipinski definition) is 4. The number of halogens is 1. The minimum atomic E-state index is -3.86. The molecule has 2 aromatic rings. The summed E-state index contributed by atoms with van der Waals surface area (Å²) in [6.07, 6.45) is 4.01. The molecule has 1 aliphatic carbocycles. The van der Waals surface area contributed by atoms with Gasteiger partial charge in [-0.3, -0.25) is 9.59 Å². The molecule has 9 heteroatoms. The number of carbonyl (C=O) groups is 2. The Bertz CT molecular complexity index is 1120. The lowest BCUT2D eigenvalue weighted by Crippen LogP contribution is -2.52. The zero-order valence-electron chi connectivity index (χ0n) is 19.8. The van der Waals surface area contributed by atoms with Crippen LogP contribution in [-0.2, 0) is 26.2 Å². The number of sulfonamides is 1. The summed E-state index contributed by atoms with van der Waals surface area (Å²) >= 11 is 6.12. The summed E-state index contributed by atoms with van der Waals surface area (Å²) in [4.78, 5) is 27.9. The summed E-state index contributed by atoms with van der Waals surface area (Å²) < 4.78 is 27.0. The van der Waals surface area contributed by atoms with Crippen LogP contribution in [0.25, 0.3) is 0 Å². The van der Waals surface area contributed by atoms with Crippen molar-refractivity contribution in [3.63, 3.8) is 0 Å². The van der Waals surface area contributed by atoms with Crippen molar-refractivity contribution < 1.29 is 18.0 Å². The molecule has 0 spiro atoms. The fraction of sp³-hybridized carbons (Fsp3) is 0.440. The number of likely N-dealkylation sites (N-methyl/N-ethyl adjacent to an activating group) is 1. The molecule has 0 aromatic heterocycles. The van der Waals surface area contributed by atoms with Crippen LogP contribution in [0.5, 0.6) is 0 Å². The average Bonchev–Trinajstić information content (AvgIpc) is 3.30. The number of nitrogens with zero attached hydrogens (tertiary/aromatic N) is 2. The van der Waals surface area contributed by atoms with Gasteiger partial charge in [-0.2, -0.15) is 4.31 Å². The fourth-order valence-electron chi connectivity index (χ4n) is 4.06. The molecule has 1 aliphatic rings. The Balaban J connectivity index is 1.79. The normalized spacial score (nSPS) is 15.3. The van der Waals surface area contributed by atoms with Gasteiger partial charge < -0.3 is 10.2 Å². The molecule has 1 atom stereocenters. The van der Waals surface area contributed by atoms with Gasteiger partial charge in [-0.25, -0.2) is 8.42 Å². The molecule has 7 nitrogen and oxygen atoms in total. The van der Waals surface area contributed by atoms with E-state index in [1.807, 2.05) is 13.0 Å². The maximum absolute atomic E-state index is 13.4. The standard InChI is InChI=1S/C25H32ClN3O4S/c1-18-11-13-23(14-12-18)34(32,33)28(3)17-24(30)29(16-20-7-6-8-21(26)15-20)19(2)25(31)27-22-9-4-5-10-22/h6-8,11-15,19,22H,4-5,9-10,16-17H2,1-3H3,(H,27,31)/t19-/m0/s1. The van der Waals surface area contributed by atoms with Crippen LogP contribution < -0.4 is 5.32 Å². The summed E-state index contributed by atoms with van der Waals surface area (Å²) in [7, 11) is -2.50. The lowest BCUT2D eigenvalue weighted by atomic mass is 10.1. The van der Waals surface area contributed by atoms with Gasteiger partial charge in [-0.05, 0) is 56.5 Å². The number of hydrogen-bond donors (Lipinski definition) is 1. The Labute approximate surface area is 207 Å². The van der Waals surface area contributed by atoms with Crippen LogP contribution in [0.4, 0.5) is 0 Å². The third-order valence-electron chi connectivity index (χ3n) is 6.20. The van der Waals surface area contributed by atoms with E-state index in [0.717, 1.165) is 41.1 Å². The molecule has 1 fully saturated rings. The van der Waals surface area contributed by atoms with Gasteiger partial charge in [-0.15, -0.1) is 0 Å². The molecule has 0 aliphatic heterocycles. The second-order valence-electron chi connectivity index (χ2n) is 8.89. The van der Waals surface area contributed by atoms with Gasteiger partial charge in [0.05, 0.1) is 11.4 Å². The van der Waals surface area contributed by atoms with E-state index in [4.69, 9.17) is 11.6 Å². The molecule has 34 heavy (non-hydrogen) atoms. The van der Waals surface area contributed by atoms with Crippen molar-refractivity contribution in [2.45, 2.75) is 63.1 Å². The number of rotatable bonds is 9. The molecular weight excluding hydrogens is 474 g/mol. The number of benzene rings is 2. The second-order valence-corrected chi connectivity index (χ2v) is 11.4. The third kappa shape index (κ3) is 6.58. The zero-order valence-corrected chi connectivity index (χ0v) is 21.4. The average molecular weight is 506 g/mol. The van der Waals surface area contributed by atoms with Gasteiger partial charge >= 0.3 is 0 Å². The summed E-state index contributed by atoms with van der Waals surface area (Å²) in [5, 5.41) is 3.56. The molecule has 184 valence electrons. The van der Waals surface area contributed by atoms with Crippen molar-refractivity contribution in [3.05, 3.63) is 64.7 Å². The number of nitrogens with one attached hydrogen (secondary N) is 1. The Kier molecular flexibility index (Phi) is 8.73. The summed E-state index contributed by atoms with van der Waals surface area (Å²) in [5.41, 5.74) is 1.69. The molecule has 3 rings (SSSR count). The highest BCUT2D eigenvalue weighted by Crippen LogP contribution is 2.20. The highest BCUT2D eigenvalue weighted by Gasteiger charge is 2.31. The Morgan fingerprint density at radius 1 is 1.12 bits per heavy atom. The van der Waals surface area contributed by atoms with Crippen molar-refractivity contribution in [1.82, 2.24) is 14.5 Å². The zero-order chi connectivity index (χ0) is 24.9. The lowest BCUT2D eigenvalue weighted by Gasteiger charge is -2.31. The Morgan fingerprint density at radius 3 is 2.38 bits per heavy atom. The molecule has 2 amide bonds. The fourth-order valence-corrected chi connectivity index (χ4v) is 5.40. The predicted molar refractivity (Wildman–Crippen MR) is 133 cm³/mol. The first-order valence-corrected chi connectivity index (χ1v) is 13.3. The number of aryl methyl sites for hydroxylation is 1. The van der Waals surface area contributed by atoms with Crippen LogP contribution >= 0.6 is 11.6 Å². The molecule has 0 unspecified atom stereocenters. The Morgan fingerprint density at radius 2 is 1.76 bits per heavy atom. The lowest BCUT2D eigenvalue weighted by molar-refractivity contribution is -0.140. The van der Waals surface area contributed by atoms with E-state index in [9.17, 15) is 18.0 Å². The molecule has 0 radical (unpaired) electrons. The quantitative estimate of drug-likeness (QED) is 0.562. The van der Waals surface area contributed by atoms with E-state index in [2.05, 4.69) is 5.32 Å². The first-order valence-electron chi connectivity index (χ1n) is 11.4. The van der Waals surface area contributed by atoms with Gasteiger partial charge in [-0.1, -0.05) is 54.3 Å². The van der Waals surface area contributed by atoms with Crippen LogP contribution in [-0.4, -0.2) is 55.1 Å². The minimum Gasteiger partial charge on any atom is -0.352 e. The van der Waals surface area contributed by atoms with Crippen molar-refractivity contribution in [2.24, 2.45) is 0 Å². The van der Waals surface area contributed by atoms with Gasteiger partial charge in [0.15, 0.2) is 0 Å². The van der Waals surface area contributed by atoms with Crippen molar-refractivity contribution in [2.75, 3.05) is 13.6 Å². The molecule has 0 bridgehead atoms. The van der Waals surface area contributed by atoms with Crippen LogP contribution in [0.3, 0.4) is 0 Å². The molecule has 1 saturated carbocycles. The summed E-state index contributed by atoms with van der Waals surface area (Å²) in [5.74, 6) is -0.710. The van der Waals surface area contributed by atoms with E-state index < -0.39 is 28.5 Å². The minimum absolute atomic E-state index is 0.113. The van der Waals surface area contributed by atoms with Crippen LogP contribution in [0.1, 0.15) is 43.7 Å². The molecule has 0 saturated heterocycles. The van der Waals surface area contributed by atoms with Gasteiger partial charge in [0, 0.05) is 24.7 Å². The smallest absolute Gasteiger partial charge is 0.243 e. The van der Waals surface area contributed by atoms with Crippen molar-refractivity contribution in [1.29, 1.82) is 0 Å². The number of carbonyl (C=O) groups excluding carboxylic acids is 2. The van der Waals surface area contributed by atoms with Gasteiger partial charge in [0.25, 0.3) is 0 Å². The largest absolute Gasteiger partial charge is 0.352 e. The monoisotopic (exact) mass is 505 g/mol. The van der Waals surface area contributed by atoms with E-state index >= 15 is 0 Å². The first kappa shape index (κ1) is 26.2. The number of amides is 2. The highest BCUT2D eigenvalue weighted by molar-refractivity contribution is 7.89. The second kappa shape index (κ2) is 11.3. The predicted octanol–water partition coefficient (Wildman–Crippen LogP) is 3.75. The van der Waals surface area contributed by atoms with E-state index in [-0.39, 0.29) is 23.4 Å². The molecule has 2 aromatic carbocycles. The maximum atomic E-state index is 13.4. The van der Waals surface area contributed by atoms with Gasteiger partial charge in [0.1, 0.15) is 6.04 Å². The van der Waals surface area contributed by atoms with E-state index in [1.165, 1.54) is 24.1 Å². The molecule has 0 heterocycles. The third-order valence-corrected chi connectivity index (χ3v) is 8.25. The van der Waals surface area contributed by atoms with Crippen molar-refractivity contribution >= 4 is 33.4 Å². The van der Waals surface area contributed by atoms with Crippen LogP contribution in [0.15, 0.2) is 53.4 Å². The van der Waals surface area contributed by atoms with E-state index in [0.29, 0.717) is 5.02 Å². The SMILES string of the molecule is Cc1ccc(S(=O)(=O)N(C)CC(=O)N(Cc2cccc(Cl)c2)[C@@H](C)C(=O)NC2CCCC2)cc1. The highest BCUT2D eigenvalue weighted by atomic mass is 35.5. The first-order chi connectivity index (χ1) is 16.1. The topological polar surface area (TPSA) is 86.8 Å². The van der Waals surface area contributed by atoms with Crippen LogP contribution in [0.2, 0.25) is 5.02 Å². The Hall–Kier alpha value is -2.42.